The quantitative estimate of drug-likeness (QED) is 0.879. The molecule has 5 heteroatoms. The van der Waals surface area contributed by atoms with Gasteiger partial charge in [-0.3, -0.25) is 0 Å². The molecule has 0 aliphatic carbocycles. The number of rotatable bonds is 5. The Bertz CT molecular complexity index is 357. The summed E-state index contributed by atoms with van der Waals surface area (Å²) in [5.74, 6) is 0. The van der Waals surface area contributed by atoms with Crippen LogP contribution in [0.1, 0.15) is 31.3 Å². The molecule has 0 aliphatic rings. The number of methoxy groups -OCH3 is 1. The molecule has 0 radical (unpaired) electrons. The third-order valence-electron chi connectivity index (χ3n) is 2.27. The lowest BCUT2D eigenvalue weighted by atomic mass is 9.96. The predicted octanol–water partition coefficient (Wildman–Crippen LogP) is 2.23. The van der Waals surface area contributed by atoms with Crippen molar-refractivity contribution in [2.75, 3.05) is 25.6 Å². The van der Waals surface area contributed by atoms with Crippen molar-refractivity contribution in [2.24, 2.45) is 11.1 Å². The summed E-state index contributed by atoms with van der Waals surface area (Å²) < 4.78 is 5.13. The van der Waals surface area contributed by atoms with Crippen molar-refractivity contribution in [1.82, 2.24) is 4.98 Å². The summed E-state index contributed by atoms with van der Waals surface area (Å²) in [6, 6.07) is 0. The Morgan fingerprint density at radius 1 is 1.41 bits per heavy atom. The Labute approximate surface area is 108 Å². The Morgan fingerprint density at radius 3 is 2.53 bits per heavy atom. The number of hydrogen-bond donors (Lipinski definition) is 1. The largest absolute Gasteiger partial charge is 0.378 e. The summed E-state index contributed by atoms with van der Waals surface area (Å²) in [6.07, 6.45) is 0. The summed E-state index contributed by atoms with van der Waals surface area (Å²) in [7, 11) is 3.75. The standard InChI is InChI=1S/C12H23N3OS/c1-12(2,3)8-15(4)11-14-9(7-16-5)10(6-13)17-11/h6-8,13H2,1-5H3. The van der Waals surface area contributed by atoms with Gasteiger partial charge in [0.05, 0.1) is 12.3 Å². The molecule has 1 aromatic rings. The van der Waals surface area contributed by atoms with E-state index in [-0.39, 0.29) is 5.41 Å². The minimum Gasteiger partial charge on any atom is -0.378 e. The topological polar surface area (TPSA) is 51.4 Å². The molecule has 0 aromatic carbocycles. The summed E-state index contributed by atoms with van der Waals surface area (Å²) in [4.78, 5) is 7.89. The van der Waals surface area contributed by atoms with Crippen molar-refractivity contribution in [3.05, 3.63) is 10.6 Å². The van der Waals surface area contributed by atoms with Gasteiger partial charge in [0.2, 0.25) is 0 Å². The normalized spacial score (nSPS) is 11.9. The van der Waals surface area contributed by atoms with Crippen molar-refractivity contribution < 1.29 is 4.74 Å². The monoisotopic (exact) mass is 257 g/mol. The van der Waals surface area contributed by atoms with Crippen LogP contribution in [-0.4, -0.2) is 25.7 Å². The van der Waals surface area contributed by atoms with Gasteiger partial charge in [-0.05, 0) is 5.41 Å². The van der Waals surface area contributed by atoms with E-state index in [0.717, 1.165) is 22.2 Å². The number of nitrogens with two attached hydrogens (primary N) is 1. The number of thiazole rings is 1. The van der Waals surface area contributed by atoms with Gasteiger partial charge < -0.3 is 15.4 Å². The van der Waals surface area contributed by atoms with Crippen molar-refractivity contribution in [3.8, 4) is 0 Å². The van der Waals surface area contributed by atoms with Crippen molar-refractivity contribution in [2.45, 2.75) is 33.9 Å². The molecule has 0 atom stereocenters. The molecule has 98 valence electrons. The molecule has 0 saturated heterocycles. The summed E-state index contributed by atoms with van der Waals surface area (Å²) in [5.41, 5.74) is 6.94. The van der Waals surface area contributed by atoms with E-state index in [1.54, 1.807) is 18.4 Å². The van der Waals surface area contributed by atoms with Crippen molar-refractivity contribution in [1.29, 1.82) is 0 Å². The average molecular weight is 257 g/mol. The lowest BCUT2D eigenvalue weighted by Gasteiger charge is -2.26. The molecule has 0 spiro atoms. The summed E-state index contributed by atoms with van der Waals surface area (Å²) in [5, 5.41) is 1.02. The fourth-order valence-electron chi connectivity index (χ4n) is 1.72. The van der Waals surface area contributed by atoms with Crippen LogP contribution in [0.2, 0.25) is 0 Å². The van der Waals surface area contributed by atoms with Gasteiger partial charge in [0, 0.05) is 32.1 Å². The maximum atomic E-state index is 5.72. The van der Waals surface area contributed by atoms with Gasteiger partial charge in [0.15, 0.2) is 5.13 Å². The summed E-state index contributed by atoms with van der Waals surface area (Å²) >= 11 is 1.66. The molecular formula is C12H23N3OS. The zero-order valence-corrected chi connectivity index (χ0v) is 12.2. The van der Waals surface area contributed by atoms with Crippen molar-refractivity contribution >= 4 is 16.5 Å². The molecule has 0 unspecified atom stereocenters. The number of hydrogen-bond acceptors (Lipinski definition) is 5. The molecule has 4 nitrogen and oxygen atoms in total. The highest BCUT2D eigenvalue weighted by Crippen LogP contribution is 2.28. The van der Waals surface area contributed by atoms with Crippen LogP contribution >= 0.6 is 11.3 Å². The van der Waals surface area contributed by atoms with Gasteiger partial charge >= 0.3 is 0 Å². The fraction of sp³-hybridized carbons (Fsp3) is 0.750. The van der Waals surface area contributed by atoms with E-state index in [1.807, 2.05) is 0 Å². The third kappa shape index (κ3) is 4.26. The first-order valence-electron chi connectivity index (χ1n) is 5.76. The van der Waals surface area contributed by atoms with Crippen molar-refractivity contribution in [3.63, 3.8) is 0 Å². The van der Waals surface area contributed by atoms with E-state index in [4.69, 9.17) is 10.5 Å². The van der Waals surface area contributed by atoms with Gasteiger partial charge in [-0.15, -0.1) is 11.3 Å². The Balaban J connectivity index is 2.83. The van der Waals surface area contributed by atoms with Crippen LogP contribution in [0.5, 0.6) is 0 Å². The number of anilines is 1. The first-order chi connectivity index (χ1) is 7.87. The van der Waals surface area contributed by atoms with Gasteiger partial charge in [-0.2, -0.15) is 0 Å². The molecular weight excluding hydrogens is 234 g/mol. The third-order valence-corrected chi connectivity index (χ3v) is 3.51. The molecule has 1 rings (SSSR count). The van der Waals surface area contributed by atoms with E-state index in [9.17, 15) is 0 Å². The minimum absolute atomic E-state index is 0.255. The average Bonchev–Trinajstić information content (AvgIpc) is 2.59. The molecule has 0 saturated carbocycles. The molecule has 0 bridgehead atoms. The van der Waals surface area contributed by atoms with E-state index >= 15 is 0 Å². The van der Waals surface area contributed by atoms with Gasteiger partial charge in [-0.25, -0.2) is 4.98 Å². The second kappa shape index (κ2) is 5.80. The number of nitrogens with zero attached hydrogens (tertiary/aromatic N) is 2. The zero-order valence-electron chi connectivity index (χ0n) is 11.4. The zero-order chi connectivity index (χ0) is 13.1. The first kappa shape index (κ1) is 14.4. The maximum Gasteiger partial charge on any atom is 0.185 e. The van der Waals surface area contributed by atoms with Gasteiger partial charge in [0.25, 0.3) is 0 Å². The van der Waals surface area contributed by atoms with Crippen LogP contribution in [-0.2, 0) is 17.9 Å². The fourth-order valence-corrected chi connectivity index (χ4v) is 2.62. The molecule has 1 aromatic heterocycles. The molecule has 0 aliphatic heterocycles. The Morgan fingerprint density at radius 2 is 2.06 bits per heavy atom. The molecule has 17 heavy (non-hydrogen) atoms. The van der Waals surface area contributed by atoms with E-state index in [0.29, 0.717) is 13.2 Å². The van der Waals surface area contributed by atoms with Gasteiger partial charge in [-0.1, -0.05) is 20.8 Å². The van der Waals surface area contributed by atoms with Crippen LogP contribution in [0.4, 0.5) is 5.13 Å². The number of ether oxygens (including phenoxy) is 1. The van der Waals surface area contributed by atoms with Crippen LogP contribution < -0.4 is 10.6 Å². The van der Waals surface area contributed by atoms with Crippen LogP contribution in [0.3, 0.4) is 0 Å². The maximum absolute atomic E-state index is 5.72. The second-order valence-electron chi connectivity index (χ2n) is 5.42. The van der Waals surface area contributed by atoms with E-state index < -0.39 is 0 Å². The molecule has 2 N–H and O–H groups in total. The smallest absolute Gasteiger partial charge is 0.185 e. The van der Waals surface area contributed by atoms with Crippen LogP contribution in [0, 0.1) is 5.41 Å². The van der Waals surface area contributed by atoms with Gasteiger partial charge in [0.1, 0.15) is 0 Å². The van der Waals surface area contributed by atoms with E-state index in [2.05, 4.69) is 37.7 Å². The first-order valence-corrected chi connectivity index (χ1v) is 6.57. The van der Waals surface area contributed by atoms with Crippen LogP contribution in [0.25, 0.3) is 0 Å². The summed E-state index contributed by atoms with van der Waals surface area (Å²) in [6.45, 7) is 8.69. The minimum atomic E-state index is 0.255. The number of aromatic nitrogens is 1. The highest BCUT2D eigenvalue weighted by molar-refractivity contribution is 7.15. The SMILES string of the molecule is COCc1nc(N(C)CC(C)(C)C)sc1CN. The second-order valence-corrected chi connectivity index (χ2v) is 6.48. The Kier molecular flexibility index (Phi) is 4.91. The highest BCUT2D eigenvalue weighted by atomic mass is 32.1. The lowest BCUT2D eigenvalue weighted by molar-refractivity contribution is 0.181. The molecule has 1 heterocycles. The highest BCUT2D eigenvalue weighted by Gasteiger charge is 2.18. The lowest BCUT2D eigenvalue weighted by Crippen LogP contribution is -2.28. The molecule has 0 amide bonds. The molecule has 0 fully saturated rings. The van der Waals surface area contributed by atoms with Crippen LogP contribution in [0.15, 0.2) is 0 Å². The predicted molar refractivity (Wildman–Crippen MR) is 73.4 cm³/mol. The van der Waals surface area contributed by atoms with E-state index in [1.165, 1.54) is 0 Å². The Hall–Kier alpha value is -0.650.